The molecule has 0 rings (SSSR count). The number of nitrogens with one attached hydrogen (secondary N) is 1. The molecule has 1 N–H and O–H groups in total. The van der Waals surface area contributed by atoms with Crippen LogP contribution < -0.4 is 5.32 Å². The van der Waals surface area contributed by atoms with Crippen LogP contribution in [0.15, 0.2) is 0 Å². The first-order chi connectivity index (χ1) is 7.41. The van der Waals surface area contributed by atoms with Gasteiger partial charge in [-0.25, -0.2) is 0 Å². The molecule has 0 atom stereocenters. The van der Waals surface area contributed by atoms with E-state index in [1.165, 1.54) is 102 Å². The summed E-state index contributed by atoms with van der Waals surface area (Å²) in [6.45, 7) is 4.78. The van der Waals surface area contributed by atoms with Crippen LogP contribution in [0, 0.1) is 0 Å². The van der Waals surface area contributed by atoms with Crippen molar-refractivity contribution in [2.75, 3.05) is 13.1 Å². The normalized spacial score (nSPS) is 10.9. The zero-order valence-electron chi connectivity index (χ0n) is 11.0. The van der Waals surface area contributed by atoms with E-state index in [0.29, 0.717) is 0 Å². The fraction of sp³-hybridized carbons (Fsp3) is 1.00. The van der Waals surface area contributed by atoms with Gasteiger partial charge in [-0.05, 0) is 0 Å². The van der Waals surface area contributed by atoms with Gasteiger partial charge in [-0.15, -0.1) is 0 Å². The Labute approximate surface area is 114 Å². The van der Waals surface area contributed by atoms with E-state index in [0.717, 1.165) is 0 Å². The summed E-state index contributed by atoms with van der Waals surface area (Å²) in [5.74, 6) is 0. The van der Waals surface area contributed by atoms with Crippen molar-refractivity contribution in [1.82, 2.24) is 5.32 Å². The molecule has 0 aromatic rings. The number of unbranched alkanes of at least 4 members (excludes halogenated alkanes) is 8. The quantitative estimate of drug-likeness (QED) is 0.391. The van der Waals surface area contributed by atoms with Crippen molar-refractivity contribution in [2.24, 2.45) is 0 Å². The van der Waals surface area contributed by atoms with Crippen LogP contribution in [-0.4, -0.2) is 41.0 Å². The van der Waals surface area contributed by atoms with E-state index in [1.807, 2.05) is 0 Å². The molecule has 0 radical (unpaired) electrons. The molecule has 0 fully saturated rings. The van der Waals surface area contributed by atoms with E-state index in [1.54, 1.807) is 0 Å². The molecule has 1 nitrogen and oxygen atoms in total. The van der Waals surface area contributed by atoms with Crippen molar-refractivity contribution in [3.05, 3.63) is 0 Å². The van der Waals surface area contributed by atoms with Gasteiger partial charge in [0.05, 0.1) is 0 Å². The second-order valence-corrected chi connectivity index (χ2v) is 5.58. The van der Waals surface area contributed by atoms with Crippen LogP contribution in [-0.2, 0) is 0 Å². The zero-order valence-corrected chi connectivity index (χ0v) is 13.0. The average Bonchev–Trinajstić information content (AvgIpc) is 2.26. The van der Waals surface area contributed by atoms with Gasteiger partial charge in [0.1, 0.15) is 0 Å². The first-order valence-corrected chi connectivity index (χ1v) is 8.54. The van der Waals surface area contributed by atoms with Gasteiger partial charge in [-0.1, -0.05) is 13.3 Å². The van der Waals surface area contributed by atoms with Crippen LogP contribution in [0.3, 0.4) is 0 Å². The molecule has 0 aromatic heterocycles. The summed E-state index contributed by atoms with van der Waals surface area (Å²) in [7, 11) is 0. The molecular weight excluding hydrogens is 193 g/mol. The Morgan fingerprint density at radius 2 is 1.27 bits per heavy atom. The molecule has 0 spiro atoms. The van der Waals surface area contributed by atoms with Crippen LogP contribution in [0.5, 0.6) is 0 Å². The van der Waals surface area contributed by atoms with Crippen LogP contribution in [0.4, 0.5) is 0 Å². The Balaban J connectivity index is 2.81. The van der Waals surface area contributed by atoms with Crippen LogP contribution >= 0.6 is 0 Å². The molecule has 0 aliphatic rings. The standard InChI is InChI=1S/C13H28N.Na/c1-3-5-6-7-8-9-10-11-12-13-14-4-2;/h14H,2-13H2,1H3;. The second kappa shape index (κ2) is 15.0. The van der Waals surface area contributed by atoms with E-state index < -0.39 is 0 Å². The van der Waals surface area contributed by atoms with Gasteiger partial charge >= 0.3 is 101 Å². The topological polar surface area (TPSA) is 12.0 Å². The van der Waals surface area contributed by atoms with Crippen molar-refractivity contribution < 1.29 is 0 Å². The van der Waals surface area contributed by atoms with Crippen molar-refractivity contribution in [1.29, 1.82) is 0 Å². The van der Waals surface area contributed by atoms with Gasteiger partial charge in [0.25, 0.3) is 0 Å². The van der Waals surface area contributed by atoms with E-state index >= 15 is 0 Å². The molecule has 0 aromatic carbocycles. The Morgan fingerprint density at radius 1 is 0.733 bits per heavy atom. The van der Waals surface area contributed by atoms with Crippen molar-refractivity contribution >= 4 is 27.9 Å². The van der Waals surface area contributed by atoms with Gasteiger partial charge in [0.2, 0.25) is 0 Å². The SMILES string of the molecule is CCCCCCCCCCCNC[CH2][Na]. The number of hydrogen-bond donors (Lipinski definition) is 1. The maximum atomic E-state index is 3.49. The van der Waals surface area contributed by atoms with E-state index in [9.17, 15) is 0 Å². The van der Waals surface area contributed by atoms with Crippen molar-refractivity contribution in [3.8, 4) is 0 Å². The molecule has 15 heavy (non-hydrogen) atoms. The fourth-order valence-electron chi connectivity index (χ4n) is 1.86. The summed E-state index contributed by atoms with van der Waals surface area (Å²) in [5.41, 5.74) is 0. The summed E-state index contributed by atoms with van der Waals surface area (Å²) in [6.07, 6.45) is 12.9. The molecule has 0 heterocycles. The molecule has 86 valence electrons. The number of rotatable bonds is 12. The monoisotopic (exact) mass is 221 g/mol. The number of hydrogen-bond acceptors (Lipinski definition) is 1. The van der Waals surface area contributed by atoms with Gasteiger partial charge < -0.3 is 0 Å². The molecule has 2 heteroatoms. The molecule has 0 saturated heterocycles. The molecule has 0 aliphatic heterocycles. The van der Waals surface area contributed by atoms with Gasteiger partial charge in [-0.3, -0.25) is 0 Å². The van der Waals surface area contributed by atoms with Crippen LogP contribution in [0.2, 0.25) is 3.67 Å². The van der Waals surface area contributed by atoms with Crippen molar-refractivity contribution in [2.45, 2.75) is 68.4 Å². The van der Waals surface area contributed by atoms with E-state index in [2.05, 4.69) is 12.2 Å². The molecule has 0 aliphatic carbocycles. The average molecular weight is 221 g/mol. The predicted molar refractivity (Wildman–Crippen MR) is 70.7 cm³/mol. The summed E-state index contributed by atoms with van der Waals surface area (Å²) < 4.78 is 1.40. The summed E-state index contributed by atoms with van der Waals surface area (Å²) in [6, 6.07) is 0. The Morgan fingerprint density at radius 3 is 1.80 bits per heavy atom. The van der Waals surface area contributed by atoms with Crippen molar-refractivity contribution in [3.63, 3.8) is 0 Å². The molecule has 0 amide bonds. The Kier molecular flexibility index (Phi) is 15.9. The van der Waals surface area contributed by atoms with E-state index in [4.69, 9.17) is 0 Å². The third-order valence-corrected chi connectivity index (χ3v) is 3.38. The first-order valence-electron chi connectivity index (χ1n) is 7.12. The Hall–Kier alpha value is 0.960. The minimum atomic E-state index is 1.25. The summed E-state index contributed by atoms with van der Waals surface area (Å²) in [4.78, 5) is 0. The van der Waals surface area contributed by atoms with Gasteiger partial charge in [0.15, 0.2) is 0 Å². The third-order valence-electron chi connectivity index (χ3n) is 2.88. The summed E-state index contributed by atoms with van der Waals surface area (Å²) in [5, 5.41) is 3.49. The van der Waals surface area contributed by atoms with Gasteiger partial charge in [-0.2, -0.15) is 0 Å². The predicted octanol–water partition coefficient (Wildman–Crippen LogP) is 3.69. The van der Waals surface area contributed by atoms with Crippen LogP contribution in [0.25, 0.3) is 0 Å². The minimum absolute atomic E-state index is 1.25. The Bertz CT molecular complexity index is 94.7. The molecular formula is C13H28NNa. The van der Waals surface area contributed by atoms with Gasteiger partial charge in [0, 0.05) is 0 Å². The maximum absolute atomic E-state index is 3.49. The first kappa shape index (κ1) is 16.0. The van der Waals surface area contributed by atoms with Crippen LogP contribution in [0.1, 0.15) is 64.7 Å². The molecule has 0 unspecified atom stereocenters. The zero-order chi connectivity index (χ0) is 11.2. The third kappa shape index (κ3) is 15.0. The second-order valence-electron chi connectivity index (χ2n) is 4.58. The molecule has 0 bridgehead atoms. The van der Waals surface area contributed by atoms with E-state index in [-0.39, 0.29) is 0 Å². The summed E-state index contributed by atoms with van der Waals surface area (Å²) >= 11 is 1.35. The molecule has 0 saturated carbocycles. The fourth-order valence-corrected chi connectivity index (χ4v) is 2.22.